The highest BCUT2D eigenvalue weighted by atomic mass is 32.1. The summed E-state index contributed by atoms with van der Waals surface area (Å²) in [7, 11) is 1.90. The molecule has 0 fully saturated rings. The monoisotopic (exact) mass is 357 g/mol. The smallest absolute Gasteiger partial charge is 0.261 e. The third kappa shape index (κ3) is 4.08. The lowest BCUT2D eigenvalue weighted by molar-refractivity contribution is 0.0635. The molecule has 25 heavy (non-hydrogen) atoms. The molecule has 0 spiro atoms. The first-order valence-corrected chi connectivity index (χ1v) is 9.26. The molecule has 132 valence electrons. The van der Waals surface area contributed by atoms with E-state index in [9.17, 15) is 4.79 Å². The number of hydrogen-bond donors (Lipinski definition) is 1. The molecule has 0 aliphatic carbocycles. The molecule has 6 heteroatoms. The van der Waals surface area contributed by atoms with Gasteiger partial charge in [-0.3, -0.25) is 9.48 Å². The quantitative estimate of drug-likeness (QED) is 0.654. The van der Waals surface area contributed by atoms with Gasteiger partial charge < -0.3 is 10.1 Å². The molecule has 0 aliphatic heterocycles. The van der Waals surface area contributed by atoms with Crippen molar-refractivity contribution in [1.82, 2.24) is 15.1 Å². The van der Waals surface area contributed by atoms with Gasteiger partial charge in [0.25, 0.3) is 5.91 Å². The Kier molecular flexibility index (Phi) is 5.50. The molecule has 5 nitrogen and oxygen atoms in total. The third-order valence-corrected chi connectivity index (χ3v) is 5.36. The molecule has 1 N–H and O–H groups in total. The van der Waals surface area contributed by atoms with Gasteiger partial charge in [0, 0.05) is 25.6 Å². The molecular formula is C19H23N3O2S. The minimum Gasteiger partial charge on any atom is -0.374 e. The molecule has 0 radical (unpaired) electrons. The lowest BCUT2D eigenvalue weighted by Crippen LogP contribution is -2.24. The Balaban J connectivity index is 1.44. The highest BCUT2D eigenvalue weighted by Gasteiger charge is 2.14. The van der Waals surface area contributed by atoms with Crippen LogP contribution in [0.1, 0.15) is 40.4 Å². The van der Waals surface area contributed by atoms with Crippen molar-refractivity contribution in [2.45, 2.75) is 26.4 Å². The number of fused-ring (bicyclic) bond motifs is 1. The fourth-order valence-electron chi connectivity index (χ4n) is 2.76. The Labute approximate surface area is 151 Å². The predicted molar refractivity (Wildman–Crippen MR) is 101 cm³/mol. The van der Waals surface area contributed by atoms with E-state index in [1.54, 1.807) is 0 Å². The number of aromatic nitrogens is 2. The maximum absolute atomic E-state index is 12.3. The van der Waals surface area contributed by atoms with Crippen LogP contribution < -0.4 is 5.32 Å². The zero-order valence-electron chi connectivity index (χ0n) is 14.8. The first-order chi connectivity index (χ1) is 12.1. The standard InChI is InChI=1S/C19H23N3O2S/c1-13-16-12-17(25-19(16)22(3)21-13)18(23)20-10-7-11-24-14(2)15-8-5-4-6-9-15/h4-6,8-9,12,14H,7,10-11H2,1-3H3,(H,20,23). The number of amides is 1. The van der Waals surface area contributed by atoms with Crippen LogP contribution in [-0.4, -0.2) is 28.8 Å². The summed E-state index contributed by atoms with van der Waals surface area (Å²) < 4.78 is 7.65. The highest BCUT2D eigenvalue weighted by Crippen LogP contribution is 2.27. The van der Waals surface area contributed by atoms with Gasteiger partial charge >= 0.3 is 0 Å². The topological polar surface area (TPSA) is 56.2 Å². The van der Waals surface area contributed by atoms with Crippen LogP contribution in [0.3, 0.4) is 0 Å². The van der Waals surface area contributed by atoms with Crippen LogP contribution in [0, 0.1) is 6.92 Å². The number of hydrogen-bond acceptors (Lipinski definition) is 4. The van der Waals surface area contributed by atoms with Gasteiger partial charge in [-0.25, -0.2) is 0 Å². The summed E-state index contributed by atoms with van der Waals surface area (Å²) in [6, 6.07) is 12.1. The number of benzene rings is 1. The lowest BCUT2D eigenvalue weighted by atomic mass is 10.1. The first-order valence-electron chi connectivity index (χ1n) is 8.44. The van der Waals surface area contributed by atoms with Gasteiger partial charge in [0.2, 0.25) is 0 Å². The number of aryl methyl sites for hydroxylation is 2. The van der Waals surface area contributed by atoms with Gasteiger partial charge in [0.15, 0.2) is 0 Å². The molecule has 3 rings (SSSR count). The van der Waals surface area contributed by atoms with E-state index in [1.807, 2.05) is 49.8 Å². The zero-order valence-corrected chi connectivity index (χ0v) is 15.6. The molecule has 1 atom stereocenters. The Morgan fingerprint density at radius 3 is 2.84 bits per heavy atom. The van der Waals surface area contributed by atoms with Crippen LogP contribution >= 0.6 is 11.3 Å². The van der Waals surface area contributed by atoms with Crippen molar-refractivity contribution in [2.75, 3.05) is 13.2 Å². The Hall–Kier alpha value is -2.18. The molecule has 3 aromatic rings. The van der Waals surface area contributed by atoms with Gasteiger partial charge in [-0.15, -0.1) is 11.3 Å². The van der Waals surface area contributed by atoms with E-state index < -0.39 is 0 Å². The van der Waals surface area contributed by atoms with E-state index in [-0.39, 0.29) is 12.0 Å². The minimum absolute atomic E-state index is 0.0308. The summed E-state index contributed by atoms with van der Waals surface area (Å²) in [6.45, 7) is 5.22. The van der Waals surface area contributed by atoms with E-state index in [4.69, 9.17) is 4.74 Å². The largest absolute Gasteiger partial charge is 0.374 e. The lowest BCUT2D eigenvalue weighted by Gasteiger charge is -2.13. The van der Waals surface area contributed by atoms with Crippen molar-refractivity contribution in [3.63, 3.8) is 0 Å². The molecular weight excluding hydrogens is 334 g/mol. The van der Waals surface area contributed by atoms with Crippen molar-refractivity contribution in [3.8, 4) is 0 Å². The summed E-state index contributed by atoms with van der Waals surface area (Å²) in [4.78, 5) is 14.0. The van der Waals surface area contributed by atoms with Gasteiger partial charge in [0.1, 0.15) is 4.83 Å². The van der Waals surface area contributed by atoms with E-state index in [0.717, 1.165) is 27.2 Å². The zero-order chi connectivity index (χ0) is 17.8. The number of thiophene rings is 1. The van der Waals surface area contributed by atoms with Crippen molar-refractivity contribution < 1.29 is 9.53 Å². The number of carbonyl (C=O) groups is 1. The van der Waals surface area contributed by atoms with Crippen LogP contribution in [0.15, 0.2) is 36.4 Å². The normalized spacial score (nSPS) is 12.4. The summed E-state index contributed by atoms with van der Waals surface area (Å²) >= 11 is 1.48. The predicted octanol–water partition coefficient (Wildman–Crippen LogP) is 3.84. The van der Waals surface area contributed by atoms with Gasteiger partial charge in [-0.05, 0) is 31.9 Å². The van der Waals surface area contributed by atoms with Crippen molar-refractivity contribution in [1.29, 1.82) is 0 Å². The SMILES string of the molecule is Cc1nn(C)c2sc(C(=O)NCCCOC(C)c3ccccc3)cc12. The second-order valence-corrected chi connectivity index (χ2v) is 7.10. The maximum Gasteiger partial charge on any atom is 0.261 e. The van der Waals surface area contributed by atoms with Gasteiger partial charge in [0.05, 0.1) is 16.7 Å². The van der Waals surface area contributed by atoms with Crippen molar-refractivity contribution in [3.05, 3.63) is 52.5 Å². The fourth-order valence-corrected chi connectivity index (χ4v) is 3.80. The minimum atomic E-state index is -0.0308. The van der Waals surface area contributed by atoms with E-state index >= 15 is 0 Å². The number of ether oxygens (including phenoxy) is 1. The average Bonchev–Trinajstić information content (AvgIpc) is 3.17. The number of rotatable bonds is 7. The summed E-state index contributed by atoms with van der Waals surface area (Å²) in [6.07, 6.45) is 0.851. The van der Waals surface area contributed by atoms with Crippen LogP contribution in [0.2, 0.25) is 0 Å². The molecule has 2 aromatic heterocycles. The summed E-state index contributed by atoms with van der Waals surface area (Å²) in [5, 5.41) is 8.37. The number of nitrogens with one attached hydrogen (secondary N) is 1. The Morgan fingerprint density at radius 1 is 1.36 bits per heavy atom. The van der Waals surface area contributed by atoms with Crippen LogP contribution in [-0.2, 0) is 11.8 Å². The molecule has 0 saturated heterocycles. The Morgan fingerprint density at radius 2 is 2.12 bits per heavy atom. The molecule has 1 unspecified atom stereocenters. The molecule has 0 bridgehead atoms. The number of nitrogens with zero attached hydrogens (tertiary/aromatic N) is 2. The van der Waals surface area contributed by atoms with Gasteiger partial charge in [-0.1, -0.05) is 30.3 Å². The Bertz CT molecular complexity index is 820. The second kappa shape index (κ2) is 7.80. The van der Waals surface area contributed by atoms with Crippen LogP contribution in [0.5, 0.6) is 0 Å². The van der Waals surface area contributed by atoms with Crippen LogP contribution in [0.25, 0.3) is 10.2 Å². The molecule has 1 amide bonds. The molecule has 1 aromatic carbocycles. The second-order valence-electron chi connectivity index (χ2n) is 6.07. The van der Waals surface area contributed by atoms with E-state index in [2.05, 4.69) is 22.5 Å². The van der Waals surface area contributed by atoms with Crippen molar-refractivity contribution >= 4 is 27.5 Å². The summed E-state index contributed by atoms with van der Waals surface area (Å²) in [5.41, 5.74) is 2.12. The molecule has 2 heterocycles. The van der Waals surface area contributed by atoms with Crippen LogP contribution in [0.4, 0.5) is 0 Å². The van der Waals surface area contributed by atoms with E-state index in [1.165, 1.54) is 16.9 Å². The highest BCUT2D eigenvalue weighted by molar-refractivity contribution is 7.20. The van der Waals surface area contributed by atoms with E-state index in [0.29, 0.717) is 13.2 Å². The maximum atomic E-state index is 12.3. The third-order valence-electron chi connectivity index (χ3n) is 4.16. The van der Waals surface area contributed by atoms with Crippen molar-refractivity contribution in [2.24, 2.45) is 7.05 Å². The molecule has 0 aliphatic rings. The molecule has 0 saturated carbocycles. The fraction of sp³-hybridized carbons (Fsp3) is 0.368. The van der Waals surface area contributed by atoms with Gasteiger partial charge in [-0.2, -0.15) is 5.10 Å². The first kappa shape index (κ1) is 17.6. The summed E-state index contributed by atoms with van der Waals surface area (Å²) in [5.74, 6) is -0.0308. The number of carbonyl (C=O) groups excluding carboxylic acids is 1. The average molecular weight is 357 g/mol.